The third kappa shape index (κ3) is 3.49. The Balaban J connectivity index is 1.75. The van der Waals surface area contributed by atoms with Crippen LogP contribution in [0.15, 0.2) is 41.6 Å². The van der Waals surface area contributed by atoms with E-state index in [4.69, 9.17) is 4.74 Å². The third-order valence-electron chi connectivity index (χ3n) is 4.07. The smallest absolute Gasteiger partial charge is 0.355 e. The molecule has 1 N–H and O–H groups in total. The lowest BCUT2D eigenvalue weighted by Crippen LogP contribution is -2.70. The summed E-state index contributed by atoms with van der Waals surface area (Å²) in [5.41, 5.74) is 0.971. The fourth-order valence-electron chi connectivity index (χ4n) is 2.90. The van der Waals surface area contributed by atoms with Gasteiger partial charge in [0.1, 0.15) is 22.7 Å². The van der Waals surface area contributed by atoms with Gasteiger partial charge in [0.25, 0.3) is 11.8 Å². The molecule has 2 amide bonds. The molecule has 3 rings (SSSR count). The average molecular weight is 374 g/mol. The largest absolute Gasteiger partial charge is 0.455 e. The van der Waals surface area contributed by atoms with Crippen molar-refractivity contribution in [3.63, 3.8) is 0 Å². The number of amides is 2. The highest BCUT2D eigenvalue weighted by atomic mass is 32.2. The van der Waals surface area contributed by atoms with Gasteiger partial charge in [0, 0.05) is 11.3 Å². The number of esters is 1. The molecule has 0 saturated carbocycles. The molecule has 2 aliphatic rings. The van der Waals surface area contributed by atoms with Crippen LogP contribution in [-0.2, 0) is 14.3 Å². The standard InChI is InChI=1S/C19H22N2O4S/c1-11-10-26-17-13(20-15(22)12-8-6-5-7-9-12)16(23)21(17)14(11)18(24)25-19(2,3)4/h5-9,13,17H,10H2,1-4H3,(H,20,22)/t13?,17-/m0/s1. The molecule has 26 heavy (non-hydrogen) atoms. The summed E-state index contributed by atoms with van der Waals surface area (Å²) in [5.74, 6) is -0.469. The first-order valence-electron chi connectivity index (χ1n) is 8.43. The van der Waals surface area contributed by atoms with Crippen molar-refractivity contribution in [3.05, 3.63) is 47.2 Å². The van der Waals surface area contributed by atoms with Gasteiger partial charge < -0.3 is 10.1 Å². The van der Waals surface area contributed by atoms with Crippen LogP contribution >= 0.6 is 11.8 Å². The second-order valence-electron chi connectivity index (χ2n) is 7.36. The maximum Gasteiger partial charge on any atom is 0.355 e. The number of β-lactam (4-membered cyclic amide) rings is 1. The second kappa shape index (κ2) is 6.79. The molecule has 0 aliphatic carbocycles. The predicted molar refractivity (Wildman–Crippen MR) is 99.3 cm³/mol. The van der Waals surface area contributed by atoms with Gasteiger partial charge in [0.15, 0.2) is 0 Å². The molecule has 0 aromatic heterocycles. The van der Waals surface area contributed by atoms with E-state index in [1.54, 1.807) is 45.0 Å². The van der Waals surface area contributed by atoms with E-state index in [0.717, 1.165) is 5.57 Å². The van der Waals surface area contributed by atoms with Crippen LogP contribution in [-0.4, -0.2) is 45.5 Å². The summed E-state index contributed by atoms with van der Waals surface area (Å²) in [6.45, 7) is 7.19. The van der Waals surface area contributed by atoms with Crippen LogP contribution in [0.5, 0.6) is 0 Å². The van der Waals surface area contributed by atoms with Gasteiger partial charge in [-0.2, -0.15) is 0 Å². The maximum absolute atomic E-state index is 12.6. The summed E-state index contributed by atoms with van der Waals surface area (Å²) in [4.78, 5) is 39.0. The van der Waals surface area contributed by atoms with E-state index in [0.29, 0.717) is 17.0 Å². The minimum atomic E-state index is -0.641. The quantitative estimate of drug-likeness (QED) is 0.649. The number of fused-ring (bicyclic) bond motifs is 1. The minimum Gasteiger partial charge on any atom is -0.455 e. The van der Waals surface area contributed by atoms with Crippen molar-refractivity contribution in [2.45, 2.75) is 44.7 Å². The highest BCUT2D eigenvalue weighted by Crippen LogP contribution is 2.40. The number of carbonyl (C=O) groups is 3. The summed E-state index contributed by atoms with van der Waals surface area (Å²) >= 11 is 1.53. The number of carbonyl (C=O) groups excluding carboxylic acids is 3. The van der Waals surface area contributed by atoms with Crippen LogP contribution < -0.4 is 5.32 Å². The number of nitrogens with zero attached hydrogens (tertiary/aromatic N) is 1. The SMILES string of the molecule is CC1=C(C(=O)OC(C)(C)C)N2C(=O)C(NC(=O)c3ccccc3)[C@@H]2SC1. The van der Waals surface area contributed by atoms with Crippen molar-refractivity contribution < 1.29 is 19.1 Å². The summed E-state index contributed by atoms with van der Waals surface area (Å²) in [6, 6.07) is 8.11. The van der Waals surface area contributed by atoms with Gasteiger partial charge in [0.2, 0.25) is 0 Å². The van der Waals surface area contributed by atoms with Gasteiger partial charge in [-0.1, -0.05) is 18.2 Å². The molecule has 1 aromatic carbocycles. The lowest BCUT2D eigenvalue weighted by molar-refractivity contribution is -0.158. The minimum absolute atomic E-state index is 0.285. The molecular formula is C19H22N2O4S. The second-order valence-corrected chi connectivity index (χ2v) is 8.46. The number of hydrogen-bond acceptors (Lipinski definition) is 5. The molecule has 6 nitrogen and oxygen atoms in total. The molecule has 2 heterocycles. The van der Waals surface area contributed by atoms with E-state index in [-0.39, 0.29) is 17.2 Å². The van der Waals surface area contributed by atoms with Gasteiger partial charge in [-0.05, 0) is 45.4 Å². The molecule has 2 atom stereocenters. The zero-order valence-electron chi connectivity index (χ0n) is 15.2. The van der Waals surface area contributed by atoms with Crippen molar-refractivity contribution in [1.82, 2.24) is 10.2 Å². The molecule has 2 aliphatic heterocycles. The molecule has 1 aromatic rings. The van der Waals surface area contributed by atoms with Crippen molar-refractivity contribution in [1.29, 1.82) is 0 Å². The Morgan fingerprint density at radius 2 is 1.88 bits per heavy atom. The Labute approximate surface area is 157 Å². The number of benzene rings is 1. The highest BCUT2D eigenvalue weighted by Gasteiger charge is 2.54. The van der Waals surface area contributed by atoms with Crippen molar-refractivity contribution in [2.75, 3.05) is 5.75 Å². The third-order valence-corrected chi connectivity index (χ3v) is 5.50. The first kappa shape index (κ1) is 18.5. The number of rotatable bonds is 3. The Morgan fingerprint density at radius 3 is 2.50 bits per heavy atom. The van der Waals surface area contributed by atoms with Gasteiger partial charge in [0.05, 0.1) is 0 Å². The molecular weight excluding hydrogens is 352 g/mol. The number of nitrogens with one attached hydrogen (secondary N) is 1. The Hall–Kier alpha value is -2.28. The summed E-state index contributed by atoms with van der Waals surface area (Å²) in [5, 5.41) is 2.49. The van der Waals surface area contributed by atoms with E-state index in [1.807, 2.05) is 13.0 Å². The Kier molecular flexibility index (Phi) is 4.84. The normalized spacial score (nSPS) is 22.5. The summed E-state index contributed by atoms with van der Waals surface area (Å²) in [6.07, 6.45) is 0. The molecule has 1 fully saturated rings. The van der Waals surface area contributed by atoms with Crippen LogP contribution in [0.1, 0.15) is 38.1 Å². The fraction of sp³-hybridized carbons (Fsp3) is 0.421. The summed E-state index contributed by atoms with van der Waals surface area (Å²) < 4.78 is 5.45. The Bertz CT molecular complexity index is 782. The summed E-state index contributed by atoms with van der Waals surface area (Å²) in [7, 11) is 0. The molecule has 0 bridgehead atoms. The van der Waals surface area contributed by atoms with E-state index in [2.05, 4.69) is 5.32 Å². The van der Waals surface area contributed by atoms with Gasteiger partial charge in [-0.25, -0.2) is 4.79 Å². The van der Waals surface area contributed by atoms with Crippen LogP contribution in [0.25, 0.3) is 0 Å². The van der Waals surface area contributed by atoms with Crippen LogP contribution in [0, 0.1) is 0 Å². The molecule has 138 valence electrons. The van der Waals surface area contributed by atoms with Crippen LogP contribution in [0.4, 0.5) is 0 Å². The predicted octanol–water partition coefficient (Wildman–Crippen LogP) is 2.32. The highest BCUT2D eigenvalue weighted by molar-refractivity contribution is 8.00. The fourth-order valence-corrected chi connectivity index (χ4v) is 4.20. The zero-order chi connectivity index (χ0) is 19.1. The molecule has 1 saturated heterocycles. The average Bonchev–Trinajstić information content (AvgIpc) is 2.58. The first-order chi connectivity index (χ1) is 12.2. The molecule has 0 spiro atoms. The lowest BCUT2D eigenvalue weighted by atomic mass is 10.0. The van der Waals surface area contributed by atoms with Crippen LogP contribution in [0.2, 0.25) is 0 Å². The topological polar surface area (TPSA) is 75.7 Å². The molecule has 1 unspecified atom stereocenters. The number of hydrogen-bond donors (Lipinski definition) is 1. The van der Waals surface area contributed by atoms with Crippen molar-refractivity contribution in [2.24, 2.45) is 0 Å². The van der Waals surface area contributed by atoms with E-state index in [1.165, 1.54) is 16.7 Å². The first-order valence-corrected chi connectivity index (χ1v) is 9.47. The van der Waals surface area contributed by atoms with Gasteiger partial charge in [-0.15, -0.1) is 11.8 Å². The zero-order valence-corrected chi connectivity index (χ0v) is 16.1. The molecule has 7 heteroatoms. The maximum atomic E-state index is 12.6. The number of ether oxygens (including phenoxy) is 1. The van der Waals surface area contributed by atoms with Crippen molar-refractivity contribution >= 4 is 29.5 Å². The monoisotopic (exact) mass is 374 g/mol. The van der Waals surface area contributed by atoms with Gasteiger partial charge in [-0.3, -0.25) is 14.5 Å². The van der Waals surface area contributed by atoms with Crippen molar-refractivity contribution in [3.8, 4) is 0 Å². The van der Waals surface area contributed by atoms with E-state index in [9.17, 15) is 14.4 Å². The molecule has 0 radical (unpaired) electrons. The van der Waals surface area contributed by atoms with E-state index < -0.39 is 17.6 Å². The Morgan fingerprint density at radius 1 is 1.23 bits per heavy atom. The van der Waals surface area contributed by atoms with Crippen LogP contribution in [0.3, 0.4) is 0 Å². The van der Waals surface area contributed by atoms with E-state index >= 15 is 0 Å². The lowest BCUT2D eigenvalue weighted by Gasteiger charge is -2.49. The number of thioether (sulfide) groups is 1. The van der Waals surface area contributed by atoms with Gasteiger partial charge >= 0.3 is 5.97 Å².